The van der Waals surface area contributed by atoms with Gasteiger partial charge >= 0.3 is 0 Å². The van der Waals surface area contributed by atoms with Gasteiger partial charge in [0.05, 0.1) is 12.5 Å². The number of carbonyl (C=O) groups is 2. The minimum absolute atomic E-state index is 0.0601. The molecule has 2 N–H and O–H groups in total. The monoisotopic (exact) mass is 499 g/mol. The standard InChI is InChI=1S/C29H29N3O3S/c1-4-35-23-11-6-5-10-20(23)27-26(29(34)32-25-13-7-9-17(2)30-25)18(3)31-21-15-19(16-22(33)28(21)27)24-12-8-14-36-24/h5-14,19,27,31H,4,15-16H2,1-3H3,(H,30,32,34)/t19-,27-/m0/s1. The van der Waals surface area contributed by atoms with Gasteiger partial charge in [0.25, 0.3) is 5.91 Å². The van der Waals surface area contributed by atoms with Crippen molar-refractivity contribution in [2.75, 3.05) is 11.9 Å². The number of carbonyl (C=O) groups excluding carboxylic acids is 2. The summed E-state index contributed by atoms with van der Waals surface area (Å²) in [6.07, 6.45) is 1.14. The van der Waals surface area contributed by atoms with Crippen LogP contribution in [0.3, 0.4) is 0 Å². The highest BCUT2D eigenvalue weighted by atomic mass is 32.1. The topological polar surface area (TPSA) is 80.3 Å². The zero-order valence-electron chi connectivity index (χ0n) is 20.6. The van der Waals surface area contributed by atoms with E-state index in [1.807, 2.05) is 68.6 Å². The zero-order chi connectivity index (χ0) is 25.2. The van der Waals surface area contributed by atoms with Gasteiger partial charge < -0.3 is 15.4 Å². The number of thiophene rings is 1. The van der Waals surface area contributed by atoms with Crippen molar-refractivity contribution < 1.29 is 14.3 Å². The smallest absolute Gasteiger partial charge is 0.255 e. The molecule has 36 heavy (non-hydrogen) atoms. The highest BCUT2D eigenvalue weighted by Gasteiger charge is 2.42. The molecule has 0 saturated heterocycles. The number of benzene rings is 1. The van der Waals surface area contributed by atoms with E-state index >= 15 is 0 Å². The SMILES string of the molecule is CCOc1ccccc1[C@H]1C(C(=O)Nc2cccc(C)n2)=C(C)NC2=C1C(=O)C[C@@H](c1cccs1)C2. The number of hydrogen-bond donors (Lipinski definition) is 2. The van der Waals surface area contributed by atoms with E-state index < -0.39 is 5.92 Å². The molecule has 1 aliphatic heterocycles. The highest BCUT2D eigenvalue weighted by molar-refractivity contribution is 7.10. The van der Waals surface area contributed by atoms with E-state index in [4.69, 9.17) is 4.74 Å². The molecular formula is C29H29N3O3S. The molecule has 7 heteroatoms. The second-order valence-electron chi connectivity index (χ2n) is 9.12. The van der Waals surface area contributed by atoms with Crippen LogP contribution >= 0.6 is 11.3 Å². The summed E-state index contributed by atoms with van der Waals surface area (Å²) in [6.45, 7) is 6.20. The Labute approximate surface area is 215 Å². The van der Waals surface area contributed by atoms with Crippen molar-refractivity contribution in [1.82, 2.24) is 10.3 Å². The Bertz CT molecular complexity index is 1370. The van der Waals surface area contributed by atoms with Gasteiger partial charge in [-0.05, 0) is 56.8 Å². The first kappa shape index (κ1) is 24.0. The molecule has 2 aliphatic rings. The van der Waals surface area contributed by atoms with Crippen LogP contribution in [0, 0.1) is 6.92 Å². The van der Waals surface area contributed by atoms with Crippen LogP contribution < -0.4 is 15.4 Å². The summed E-state index contributed by atoms with van der Waals surface area (Å²) in [5.74, 6) is 0.527. The molecule has 1 aromatic carbocycles. The van der Waals surface area contributed by atoms with Gasteiger partial charge in [0.2, 0.25) is 0 Å². The molecular weight excluding hydrogens is 470 g/mol. The number of amides is 1. The Morgan fingerprint density at radius 2 is 1.94 bits per heavy atom. The van der Waals surface area contributed by atoms with Gasteiger partial charge in [-0.25, -0.2) is 4.98 Å². The summed E-state index contributed by atoms with van der Waals surface area (Å²) in [4.78, 5) is 33.2. The third kappa shape index (κ3) is 4.58. The number of anilines is 1. The number of ketones is 1. The maximum Gasteiger partial charge on any atom is 0.255 e. The largest absolute Gasteiger partial charge is 0.494 e. The zero-order valence-corrected chi connectivity index (χ0v) is 21.4. The number of ether oxygens (including phenoxy) is 1. The first-order chi connectivity index (χ1) is 17.5. The molecule has 1 amide bonds. The minimum Gasteiger partial charge on any atom is -0.494 e. The van der Waals surface area contributed by atoms with Gasteiger partial charge in [-0.1, -0.05) is 30.3 Å². The molecule has 0 fully saturated rings. The van der Waals surface area contributed by atoms with E-state index in [-0.39, 0.29) is 17.6 Å². The predicted molar refractivity (Wildman–Crippen MR) is 142 cm³/mol. The van der Waals surface area contributed by atoms with Crippen molar-refractivity contribution >= 4 is 28.8 Å². The van der Waals surface area contributed by atoms with Crippen molar-refractivity contribution in [3.05, 3.63) is 98.7 Å². The van der Waals surface area contributed by atoms with Crippen LogP contribution in [0.1, 0.15) is 54.7 Å². The number of aromatic nitrogens is 1. The second kappa shape index (κ2) is 10.1. The summed E-state index contributed by atoms with van der Waals surface area (Å²) in [6, 6.07) is 17.3. The van der Waals surface area contributed by atoms with E-state index in [1.54, 1.807) is 17.4 Å². The number of para-hydroxylation sites is 1. The molecule has 0 bridgehead atoms. The van der Waals surface area contributed by atoms with Crippen LogP contribution in [0.25, 0.3) is 0 Å². The molecule has 0 unspecified atom stereocenters. The third-order valence-corrected chi connectivity index (χ3v) is 7.71. The molecule has 3 aromatic rings. The highest BCUT2D eigenvalue weighted by Crippen LogP contribution is 2.48. The number of Topliss-reactive ketones (excluding diaryl/α,β-unsaturated/α-hetero) is 1. The number of rotatable bonds is 6. The van der Waals surface area contributed by atoms with Gasteiger partial charge in [0.15, 0.2) is 5.78 Å². The lowest BCUT2D eigenvalue weighted by Crippen LogP contribution is -2.37. The van der Waals surface area contributed by atoms with Gasteiger partial charge in [-0.3, -0.25) is 9.59 Å². The van der Waals surface area contributed by atoms with E-state index in [0.29, 0.717) is 35.7 Å². The Balaban J connectivity index is 1.60. The first-order valence-electron chi connectivity index (χ1n) is 12.2. The number of nitrogens with one attached hydrogen (secondary N) is 2. The predicted octanol–water partition coefficient (Wildman–Crippen LogP) is 5.85. The lowest BCUT2D eigenvalue weighted by Gasteiger charge is -2.37. The fourth-order valence-electron chi connectivity index (χ4n) is 5.18. The molecule has 0 radical (unpaired) electrons. The van der Waals surface area contributed by atoms with E-state index in [0.717, 1.165) is 29.1 Å². The average Bonchev–Trinajstić information content (AvgIpc) is 3.39. The summed E-state index contributed by atoms with van der Waals surface area (Å²) >= 11 is 1.68. The van der Waals surface area contributed by atoms with Gasteiger partial charge in [-0.15, -0.1) is 11.3 Å². The van der Waals surface area contributed by atoms with Crippen molar-refractivity contribution in [3.8, 4) is 5.75 Å². The van der Waals surface area contributed by atoms with Crippen LogP contribution in [0.5, 0.6) is 5.75 Å². The normalized spacial score (nSPS) is 19.6. The van der Waals surface area contributed by atoms with Crippen LogP contribution in [0.4, 0.5) is 5.82 Å². The maximum absolute atomic E-state index is 13.8. The Morgan fingerprint density at radius 1 is 1.11 bits per heavy atom. The molecule has 2 aromatic heterocycles. The lowest BCUT2D eigenvalue weighted by atomic mass is 9.72. The molecule has 3 heterocycles. The number of pyridine rings is 1. The van der Waals surface area contributed by atoms with Crippen molar-refractivity contribution in [1.29, 1.82) is 0 Å². The number of nitrogens with zero attached hydrogens (tertiary/aromatic N) is 1. The number of allylic oxidation sites excluding steroid dienone is 3. The van der Waals surface area contributed by atoms with E-state index in [1.165, 1.54) is 4.88 Å². The van der Waals surface area contributed by atoms with E-state index in [9.17, 15) is 9.59 Å². The Kier molecular flexibility index (Phi) is 6.74. The van der Waals surface area contributed by atoms with Crippen LogP contribution in [0.15, 0.2) is 82.5 Å². The summed E-state index contributed by atoms with van der Waals surface area (Å²) in [7, 11) is 0. The molecule has 0 spiro atoms. The average molecular weight is 500 g/mol. The quantitative estimate of drug-likeness (QED) is 0.445. The van der Waals surface area contributed by atoms with Crippen LogP contribution in [0.2, 0.25) is 0 Å². The third-order valence-electron chi connectivity index (χ3n) is 6.68. The molecule has 2 atom stereocenters. The Hall–Kier alpha value is -3.71. The van der Waals surface area contributed by atoms with Crippen molar-refractivity contribution in [3.63, 3.8) is 0 Å². The molecule has 6 nitrogen and oxygen atoms in total. The van der Waals surface area contributed by atoms with Gasteiger partial charge in [0, 0.05) is 51.0 Å². The van der Waals surface area contributed by atoms with Crippen LogP contribution in [-0.2, 0) is 9.59 Å². The van der Waals surface area contributed by atoms with Gasteiger partial charge in [-0.2, -0.15) is 0 Å². The van der Waals surface area contributed by atoms with Crippen LogP contribution in [-0.4, -0.2) is 23.3 Å². The van der Waals surface area contributed by atoms with Gasteiger partial charge in [0.1, 0.15) is 11.6 Å². The summed E-state index contributed by atoms with van der Waals surface area (Å²) < 4.78 is 5.96. The minimum atomic E-state index is -0.536. The number of dihydropyridines is 1. The molecule has 184 valence electrons. The fraction of sp³-hybridized carbons (Fsp3) is 0.276. The van der Waals surface area contributed by atoms with Crippen molar-refractivity contribution in [2.24, 2.45) is 0 Å². The lowest BCUT2D eigenvalue weighted by molar-refractivity contribution is -0.116. The van der Waals surface area contributed by atoms with Crippen molar-refractivity contribution in [2.45, 2.75) is 45.4 Å². The maximum atomic E-state index is 13.8. The summed E-state index contributed by atoms with van der Waals surface area (Å²) in [5, 5.41) is 8.44. The number of aryl methyl sites for hydroxylation is 1. The number of hydrogen-bond acceptors (Lipinski definition) is 6. The van der Waals surface area contributed by atoms with E-state index in [2.05, 4.69) is 21.7 Å². The molecule has 5 rings (SSSR count). The fourth-order valence-corrected chi connectivity index (χ4v) is 6.01. The summed E-state index contributed by atoms with van der Waals surface area (Å²) in [5.41, 5.74) is 4.41. The molecule has 1 aliphatic carbocycles. The first-order valence-corrected chi connectivity index (χ1v) is 13.1. The Morgan fingerprint density at radius 3 is 2.69 bits per heavy atom. The second-order valence-corrected chi connectivity index (χ2v) is 10.1. The molecule has 0 saturated carbocycles.